The van der Waals surface area contributed by atoms with E-state index in [4.69, 9.17) is 9.84 Å². The Bertz CT molecular complexity index is 644. The number of benzene rings is 1. The molecular weight excluding hydrogens is 258 g/mol. The van der Waals surface area contributed by atoms with Crippen molar-refractivity contribution in [3.05, 3.63) is 29.6 Å². The van der Waals surface area contributed by atoms with Gasteiger partial charge in [-0.1, -0.05) is 6.92 Å². The van der Waals surface area contributed by atoms with Crippen molar-refractivity contribution >= 4 is 17.0 Å². The predicted octanol–water partition coefficient (Wildman–Crippen LogP) is 1.27. The summed E-state index contributed by atoms with van der Waals surface area (Å²) < 4.78 is 7.42. The third-order valence-electron chi connectivity index (χ3n) is 3.53. The van der Waals surface area contributed by atoms with Crippen molar-refractivity contribution in [1.82, 2.24) is 9.66 Å². The number of fused-ring (bicyclic) bond motifs is 1. The number of aromatic carboxylic acids is 1. The summed E-state index contributed by atoms with van der Waals surface area (Å²) in [6, 6.07) is 5.06. The molecule has 1 aliphatic rings. The number of hydrogen-bond donors (Lipinski definition) is 1. The highest BCUT2D eigenvalue weighted by Gasteiger charge is 2.18. The van der Waals surface area contributed by atoms with Gasteiger partial charge in [-0.05, 0) is 18.2 Å². The van der Waals surface area contributed by atoms with E-state index >= 15 is 0 Å². The van der Waals surface area contributed by atoms with Crippen LogP contribution >= 0.6 is 0 Å². The Balaban J connectivity index is 2.15. The van der Waals surface area contributed by atoms with Crippen LogP contribution in [-0.4, -0.2) is 47.0 Å². The Kier molecular flexibility index (Phi) is 3.31. The van der Waals surface area contributed by atoms with E-state index in [1.165, 1.54) is 0 Å². The fourth-order valence-corrected chi connectivity index (χ4v) is 2.54. The van der Waals surface area contributed by atoms with Crippen LogP contribution in [0.25, 0.3) is 11.0 Å². The SMILES string of the molecule is CCc1nc2ccc(C(=O)O)cc2n1N1CCOCC1. The fourth-order valence-electron chi connectivity index (χ4n) is 2.54. The van der Waals surface area contributed by atoms with Gasteiger partial charge in [-0.2, -0.15) is 0 Å². The van der Waals surface area contributed by atoms with Crippen molar-refractivity contribution in [1.29, 1.82) is 0 Å². The predicted molar refractivity (Wildman–Crippen MR) is 74.8 cm³/mol. The number of rotatable bonds is 3. The molecule has 2 heterocycles. The lowest BCUT2D eigenvalue weighted by Crippen LogP contribution is -2.44. The van der Waals surface area contributed by atoms with Gasteiger partial charge in [0.1, 0.15) is 5.82 Å². The quantitative estimate of drug-likeness (QED) is 0.913. The first-order valence-corrected chi connectivity index (χ1v) is 6.78. The van der Waals surface area contributed by atoms with Gasteiger partial charge in [-0.3, -0.25) is 0 Å². The Labute approximate surface area is 116 Å². The summed E-state index contributed by atoms with van der Waals surface area (Å²) in [5.41, 5.74) is 1.97. The second-order valence-electron chi connectivity index (χ2n) is 4.77. The van der Waals surface area contributed by atoms with Gasteiger partial charge in [0.05, 0.1) is 42.9 Å². The number of carbonyl (C=O) groups is 1. The maximum atomic E-state index is 11.1. The largest absolute Gasteiger partial charge is 0.478 e. The summed E-state index contributed by atoms with van der Waals surface area (Å²) in [6.07, 6.45) is 0.800. The average Bonchev–Trinajstić information content (AvgIpc) is 2.85. The summed E-state index contributed by atoms with van der Waals surface area (Å²) in [6.45, 7) is 4.99. The van der Waals surface area contributed by atoms with E-state index < -0.39 is 5.97 Å². The smallest absolute Gasteiger partial charge is 0.335 e. The highest BCUT2D eigenvalue weighted by atomic mass is 16.5. The molecule has 2 aromatic rings. The lowest BCUT2D eigenvalue weighted by molar-refractivity contribution is 0.0697. The average molecular weight is 275 g/mol. The Morgan fingerprint density at radius 3 is 2.80 bits per heavy atom. The minimum Gasteiger partial charge on any atom is -0.478 e. The molecule has 1 saturated heterocycles. The van der Waals surface area contributed by atoms with E-state index in [0.29, 0.717) is 13.2 Å². The highest BCUT2D eigenvalue weighted by Crippen LogP contribution is 2.20. The number of morpholine rings is 1. The van der Waals surface area contributed by atoms with Crippen molar-refractivity contribution in [3.63, 3.8) is 0 Å². The monoisotopic (exact) mass is 275 g/mol. The molecule has 0 bridgehead atoms. The fraction of sp³-hybridized carbons (Fsp3) is 0.429. The van der Waals surface area contributed by atoms with Crippen molar-refractivity contribution in [2.75, 3.05) is 31.3 Å². The molecule has 6 heteroatoms. The van der Waals surface area contributed by atoms with E-state index in [1.807, 2.05) is 4.68 Å². The molecule has 6 nitrogen and oxygen atoms in total. The molecule has 0 radical (unpaired) electrons. The molecule has 0 amide bonds. The Morgan fingerprint density at radius 2 is 2.15 bits per heavy atom. The molecule has 1 aromatic heterocycles. The molecule has 0 saturated carbocycles. The third-order valence-corrected chi connectivity index (χ3v) is 3.53. The lowest BCUT2D eigenvalue weighted by atomic mass is 10.2. The number of hydrogen-bond acceptors (Lipinski definition) is 4. The van der Waals surface area contributed by atoms with Gasteiger partial charge in [0.25, 0.3) is 0 Å². The molecule has 0 aliphatic carbocycles. The summed E-state index contributed by atoms with van der Waals surface area (Å²) >= 11 is 0. The Morgan fingerprint density at radius 1 is 1.40 bits per heavy atom. The van der Waals surface area contributed by atoms with Crippen LogP contribution in [0, 0.1) is 0 Å². The second-order valence-corrected chi connectivity index (χ2v) is 4.77. The number of aryl methyl sites for hydroxylation is 1. The van der Waals surface area contributed by atoms with Crippen LogP contribution in [0.3, 0.4) is 0 Å². The molecule has 3 rings (SSSR count). The summed E-state index contributed by atoms with van der Waals surface area (Å²) in [7, 11) is 0. The number of ether oxygens (including phenoxy) is 1. The van der Waals surface area contributed by atoms with Gasteiger partial charge in [0, 0.05) is 6.42 Å². The van der Waals surface area contributed by atoms with Crippen LogP contribution in [0.15, 0.2) is 18.2 Å². The second kappa shape index (κ2) is 5.13. The molecule has 1 aromatic carbocycles. The van der Waals surface area contributed by atoms with Crippen LogP contribution in [0.2, 0.25) is 0 Å². The normalized spacial score (nSPS) is 15.8. The van der Waals surface area contributed by atoms with Crippen LogP contribution < -0.4 is 5.01 Å². The van der Waals surface area contributed by atoms with E-state index in [2.05, 4.69) is 16.9 Å². The zero-order valence-corrected chi connectivity index (χ0v) is 11.4. The first kappa shape index (κ1) is 12.9. The molecular formula is C14H17N3O3. The first-order chi connectivity index (χ1) is 9.70. The number of aromatic nitrogens is 2. The van der Waals surface area contributed by atoms with Crippen LogP contribution in [0.1, 0.15) is 23.1 Å². The van der Waals surface area contributed by atoms with Crippen LogP contribution in [-0.2, 0) is 11.2 Å². The van der Waals surface area contributed by atoms with Gasteiger partial charge in [0.2, 0.25) is 0 Å². The molecule has 1 N–H and O–H groups in total. The van der Waals surface area contributed by atoms with E-state index in [0.717, 1.165) is 36.4 Å². The maximum Gasteiger partial charge on any atom is 0.335 e. The van der Waals surface area contributed by atoms with E-state index in [1.54, 1.807) is 18.2 Å². The van der Waals surface area contributed by atoms with Gasteiger partial charge in [0.15, 0.2) is 0 Å². The van der Waals surface area contributed by atoms with Crippen LogP contribution in [0.4, 0.5) is 0 Å². The zero-order chi connectivity index (χ0) is 14.1. The van der Waals surface area contributed by atoms with Gasteiger partial charge in [-0.25, -0.2) is 14.5 Å². The van der Waals surface area contributed by atoms with Crippen molar-refractivity contribution in [2.45, 2.75) is 13.3 Å². The summed E-state index contributed by atoms with van der Waals surface area (Å²) in [4.78, 5) is 15.7. The van der Waals surface area contributed by atoms with Crippen LogP contribution in [0.5, 0.6) is 0 Å². The molecule has 1 fully saturated rings. The minimum absolute atomic E-state index is 0.287. The third kappa shape index (κ3) is 2.12. The van der Waals surface area contributed by atoms with Crippen molar-refractivity contribution < 1.29 is 14.6 Å². The van der Waals surface area contributed by atoms with E-state index in [-0.39, 0.29) is 5.56 Å². The highest BCUT2D eigenvalue weighted by molar-refractivity contribution is 5.92. The number of nitrogens with zero attached hydrogens (tertiary/aromatic N) is 3. The standard InChI is InChI=1S/C14H17N3O3/c1-2-13-15-11-4-3-10(14(18)19)9-12(11)17(13)16-5-7-20-8-6-16/h3-4,9H,2,5-8H2,1H3,(H,18,19). The molecule has 20 heavy (non-hydrogen) atoms. The molecule has 1 aliphatic heterocycles. The number of imidazole rings is 1. The number of carboxylic acids is 1. The van der Waals surface area contributed by atoms with Gasteiger partial charge >= 0.3 is 5.97 Å². The van der Waals surface area contributed by atoms with Gasteiger partial charge in [-0.15, -0.1) is 0 Å². The first-order valence-electron chi connectivity index (χ1n) is 6.78. The topological polar surface area (TPSA) is 67.6 Å². The maximum absolute atomic E-state index is 11.1. The molecule has 106 valence electrons. The van der Waals surface area contributed by atoms with E-state index in [9.17, 15) is 4.79 Å². The Hall–Kier alpha value is -2.08. The van der Waals surface area contributed by atoms with Crippen molar-refractivity contribution in [3.8, 4) is 0 Å². The minimum atomic E-state index is -0.917. The molecule has 0 spiro atoms. The zero-order valence-electron chi connectivity index (χ0n) is 11.4. The molecule has 0 unspecified atom stereocenters. The van der Waals surface area contributed by atoms with Crippen molar-refractivity contribution in [2.24, 2.45) is 0 Å². The molecule has 0 atom stereocenters. The summed E-state index contributed by atoms with van der Waals surface area (Å²) in [5, 5.41) is 11.3. The number of carboxylic acid groups (broad SMARTS) is 1. The summed E-state index contributed by atoms with van der Waals surface area (Å²) in [5.74, 6) is 0.0316. The lowest BCUT2D eigenvalue weighted by Gasteiger charge is -2.31. The van der Waals surface area contributed by atoms with Gasteiger partial charge < -0.3 is 14.9 Å².